The molecule has 6 heteroatoms. The number of hydrogen-bond donors (Lipinski definition) is 2. The third kappa shape index (κ3) is 7.41. The van der Waals surface area contributed by atoms with Crippen molar-refractivity contribution < 1.29 is 9.59 Å². The van der Waals surface area contributed by atoms with Crippen LogP contribution in [-0.2, 0) is 11.3 Å². The van der Waals surface area contributed by atoms with Crippen molar-refractivity contribution in [3.05, 3.63) is 29.8 Å². The lowest BCUT2D eigenvalue weighted by molar-refractivity contribution is -0.131. The van der Waals surface area contributed by atoms with E-state index in [1.54, 1.807) is 0 Å². The highest BCUT2D eigenvalue weighted by atomic mass is 16.2. The van der Waals surface area contributed by atoms with Gasteiger partial charge in [0.2, 0.25) is 5.91 Å². The van der Waals surface area contributed by atoms with Gasteiger partial charge in [-0.05, 0) is 43.9 Å². The molecule has 0 bridgehead atoms. The predicted molar refractivity (Wildman–Crippen MR) is 115 cm³/mol. The molecular weight excluding hydrogens is 352 g/mol. The van der Waals surface area contributed by atoms with Crippen LogP contribution >= 0.6 is 0 Å². The molecule has 0 aromatic heterocycles. The average Bonchev–Trinajstić information content (AvgIpc) is 2.70. The monoisotopic (exact) mass is 388 g/mol. The van der Waals surface area contributed by atoms with Crippen LogP contribution in [0.4, 0.5) is 10.5 Å². The molecule has 156 valence electrons. The zero-order valence-electron chi connectivity index (χ0n) is 17.7. The Hall–Kier alpha value is -2.24. The van der Waals surface area contributed by atoms with E-state index in [1.807, 2.05) is 25.9 Å². The van der Waals surface area contributed by atoms with Gasteiger partial charge in [0.25, 0.3) is 0 Å². The van der Waals surface area contributed by atoms with Crippen LogP contribution in [0.15, 0.2) is 24.3 Å². The highest BCUT2D eigenvalue weighted by Crippen LogP contribution is 2.17. The number of hydrogen-bond acceptors (Lipinski definition) is 3. The smallest absolute Gasteiger partial charge is 0.315 e. The Bertz CT molecular complexity index is 609. The summed E-state index contributed by atoms with van der Waals surface area (Å²) in [6.45, 7) is 3.84. The van der Waals surface area contributed by atoms with Crippen molar-refractivity contribution in [1.29, 1.82) is 0 Å². The number of urea groups is 1. The predicted octanol–water partition coefficient (Wildman–Crippen LogP) is 3.51. The number of rotatable bonds is 9. The fourth-order valence-corrected chi connectivity index (χ4v) is 3.58. The van der Waals surface area contributed by atoms with Crippen molar-refractivity contribution in [2.45, 2.75) is 64.5 Å². The molecule has 0 atom stereocenters. The molecule has 0 spiro atoms. The highest BCUT2D eigenvalue weighted by Gasteiger charge is 2.16. The summed E-state index contributed by atoms with van der Waals surface area (Å²) in [4.78, 5) is 28.4. The van der Waals surface area contributed by atoms with Crippen LogP contribution in [0.3, 0.4) is 0 Å². The molecule has 0 heterocycles. The minimum atomic E-state index is -0.104. The molecule has 28 heavy (non-hydrogen) atoms. The summed E-state index contributed by atoms with van der Waals surface area (Å²) in [7, 11) is 4.03. The van der Waals surface area contributed by atoms with Crippen LogP contribution in [0.25, 0.3) is 0 Å². The molecule has 1 fully saturated rings. The number of amides is 3. The van der Waals surface area contributed by atoms with Crippen LogP contribution in [0.5, 0.6) is 0 Å². The molecule has 2 rings (SSSR count). The molecule has 1 aromatic carbocycles. The second-order valence-electron chi connectivity index (χ2n) is 7.81. The van der Waals surface area contributed by atoms with Crippen LogP contribution in [0, 0.1) is 0 Å². The quantitative estimate of drug-likeness (QED) is 0.636. The molecule has 0 saturated heterocycles. The van der Waals surface area contributed by atoms with Gasteiger partial charge < -0.3 is 20.4 Å². The van der Waals surface area contributed by atoms with Gasteiger partial charge in [0, 0.05) is 51.9 Å². The van der Waals surface area contributed by atoms with Crippen LogP contribution < -0.4 is 15.5 Å². The van der Waals surface area contributed by atoms with Gasteiger partial charge in [-0.2, -0.15) is 0 Å². The molecule has 0 aliphatic heterocycles. The summed E-state index contributed by atoms with van der Waals surface area (Å²) in [5.74, 6) is 0.133. The van der Waals surface area contributed by atoms with Gasteiger partial charge >= 0.3 is 6.03 Å². The van der Waals surface area contributed by atoms with E-state index in [0.717, 1.165) is 24.1 Å². The van der Waals surface area contributed by atoms with Crippen molar-refractivity contribution in [2.24, 2.45) is 0 Å². The van der Waals surface area contributed by atoms with Crippen molar-refractivity contribution >= 4 is 17.6 Å². The molecule has 1 aliphatic carbocycles. The lowest BCUT2D eigenvalue weighted by atomic mass is 9.96. The van der Waals surface area contributed by atoms with Crippen molar-refractivity contribution in [3.8, 4) is 0 Å². The van der Waals surface area contributed by atoms with Crippen molar-refractivity contribution in [1.82, 2.24) is 15.5 Å². The summed E-state index contributed by atoms with van der Waals surface area (Å²) in [6.07, 6.45) is 6.93. The summed E-state index contributed by atoms with van der Waals surface area (Å²) in [5.41, 5.74) is 2.28. The highest BCUT2D eigenvalue weighted by molar-refractivity contribution is 5.76. The molecule has 0 radical (unpaired) electrons. The summed E-state index contributed by atoms with van der Waals surface area (Å²) in [5, 5.41) is 5.92. The molecule has 1 aliphatic rings. The first-order valence-corrected chi connectivity index (χ1v) is 10.6. The maximum Gasteiger partial charge on any atom is 0.315 e. The number of carbonyl (C=O) groups excluding carboxylic acids is 2. The van der Waals surface area contributed by atoms with Crippen LogP contribution in [-0.4, -0.2) is 50.1 Å². The van der Waals surface area contributed by atoms with Crippen LogP contribution in [0.2, 0.25) is 0 Å². The van der Waals surface area contributed by atoms with Gasteiger partial charge in [0.15, 0.2) is 0 Å². The molecule has 3 amide bonds. The first kappa shape index (κ1) is 22.1. The SMILES string of the molecule is CCN(Cc1ccc(N(C)C)cc1)C(=O)CCCNC(=O)NC1CCCCC1. The number of nitrogens with one attached hydrogen (secondary N) is 2. The van der Waals surface area contributed by atoms with Gasteiger partial charge in [-0.15, -0.1) is 0 Å². The first-order chi connectivity index (χ1) is 13.5. The molecular formula is C22H36N4O2. The van der Waals surface area contributed by atoms with E-state index >= 15 is 0 Å². The van der Waals surface area contributed by atoms with Crippen molar-refractivity contribution in [2.75, 3.05) is 32.1 Å². The van der Waals surface area contributed by atoms with Crippen molar-refractivity contribution in [3.63, 3.8) is 0 Å². The van der Waals surface area contributed by atoms with E-state index in [9.17, 15) is 9.59 Å². The topological polar surface area (TPSA) is 64.7 Å². The third-order valence-electron chi connectivity index (χ3n) is 5.35. The zero-order chi connectivity index (χ0) is 20.4. The Balaban J connectivity index is 1.67. The Labute approximate surface area is 169 Å². The Kier molecular flexibility index (Phi) is 9.11. The summed E-state index contributed by atoms with van der Waals surface area (Å²) in [6, 6.07) is 8.49. The minimum Gasteiger partial charge on any atom is -0.378 e. The van der Waals surface area contributed by atoms with Gasteiger partial charge in [-0.1, -0.05) is 31.4 Å². The van der Waals surface area contributed by atoms with Gasteiger partial charge in [-0.3, -0.25) is 4.79 Å². The normalized spacial score (nSPS) is 14.4. The number of benzene rings is 1. The van der Waals surface area contributed by atoms with E-state index in [1.165, 1.54) is 19.3 Å². The van der Waals surface area contributed by atoms with Gasteiger partial charge in [0.05, 0.1) is 0 Å². The third-order valence-corrected chi connectivity index (χ3v) is 5.35. The molecule has 1 saturated carbocycles. The maximum absolute atomic E-state index is 12.5. The first-order valence-electron chi connectivity index (χ1n) is 10.6. The van der Waals surface area contributed by atoms with Gasteiger partial charge in [-0.25, -0.2) is 4.79 Å². The Morgan fingerprint density at radius 3 is 2.36 bits per heavy atom. The zero-order valence-corrected chi connectivity index (χ0v) is 17.7. The molecule has 0 unspecified atom stereocenters. The maximum atomic E-state index is 12.5. The standard InChI is InChI=1S/C22H36N4O2/c1-4-26(17-18-12-14-20(15-13-18)25(2)3)21(27)11-8-16-23-22(28)24-19-9-6-5-7-10-19/h12-15,19H,4-11,16-17H2,1-3H3,(H2,23,24,28). The average molecular weight is 389 g/mol. The van der Waals surface area contributed by atoms with E-state index in [2.05, 4.69) is 39.8 Å². The number of nitrogens with zero attached hydrogens (tertiary/aromatic N) is 2. The lowest BCUT2D eigenvalue weighted by Crippen LogP contribution is -2.43. The number of anilines is 1. The van der Waals surface area contributed by atoms with Gasteiger partial charge in [0.1, 0.15) is 0 Å². The van der Waals surface area contributed by atoms with E-state index in [0.29, 0.717) is 38.5 Å². The molecule has 1 aromatic rings. The van der Waals surface area contributed by atoms with E-state index in [4.69, 9.17) is 0 Å². The second-order valence-corrected chi connectivity index (χ2v) is 7.81. The largest absolute Gasteiger partial charge is 0.378 e. The second kappa shape index (κ2) is 11.6. The Morgan fingerprint density at radius 2 is 1.75 bits per heavy atom. The molecule has 2 N–H and O–H groups in total. The molecule has 6 nitrogen and oxygen atoms in total. The lowest BCUT2D eigenvalue weighted by Gasteiger charge is -2.23. The summed E-state index contributed by atoms with van der Waals surface area (Å²) < 4.78 is 0. The fraction of sp³-hybridized carbons (Fsp3) is 0.636. The van der Waals surface area contributed by atoms with Crippen LogP contribution in [0.1, 0.15) is 57.4 Å². The van der Waals surface area contributed by atoms with E-state index in [-0.39, 0.29) is 11.9 Å². The summed E-state index contributed by atoms with van der Waals surface area (Å²) >= 11 is 0. The van der Waals surface area contributed by atoms with E-state index < -0.39 is 0 Å². The number of carbonyl (C=O) groups is 2. The minimum absolute atomic E-state index is 0.104. The Morgan fingerprint density at radius 1 is 1.07 bits per heavy atom. The fourth-order valence-electron chi connectivity index (χ4n) is 3.58.